The van der Waals surface area contributed by atoms with E-state index in [4.69, 9.17) is 16.1 Å². The Kier molecular flexibility index (Phi) is 3.37. The van der Waals surface area contributed by atoms with Gasteiger partial charge < -0.3 is 15.2 Å². The second-order valence-electron chi connectivity index (χ2n) is 5.54. The predicted octanol–water partition coefficient (Wildman–Crippen LogP) is 1.22. The summed E-state index contributed by atoms with van der Waals surface area (Å²) >= 11 is 0. The highest BCUT2D eigenvalue weighted by molar-refractivity contribution is 5.99. The average Bonchev–Trinajstić information content (AvgIpc) is 3.06. The van der Waals surface area contributed by atoms with Crippen LogP contribution >= 0.6 is 0 Å². The van der Waals surface area contributed by atoms with Gasteiger partial charge in [-0.15, -0.1) is 0 Å². The monoisotopic (exact) mass is 284 g/mol. The Balaban J connectivity index is 1.96. The Hall–Kier alpha value is -2.37. The molecule has 2 heterocycles. The Labute approximate surface area is 124 Å². The van der Waals surface area contributed by atoms with Crippen molar-refractivity contribution in [3.63, 3.8) is 0 Å². The van der Waals surface area contributed by atoms with Gasteiger partial charge in [0.05, 0.1) is 12.1 Å². The molecule has 6 heteroatoms. The number of anilines is 1. The Morgan fingerprint density at radius 3 is 2.95 bits per heavy atom. The van der Waals surface area contributed by atoms with Crippen LogP contribution in [-0.2, 0) is 26.4 Å². The van der Waals surface area contributed by atoms with Crippen molar-refractivity contribution in [2.75, 3.05) is 11.9 Å². The molecule has 2 aromatic heterocycles. The number of imidazole rings is 1. The van der Waals surface area contributed by atoms with Crippen molar-refractivity contribution in [1.82, 2.24) is 14.5 Å². The van der Waals surface area contributed by atoms with Gasteiger partial charge in [-0.3, -0.25) is 5.41 Å². The fourth-order valence-electron chi connectivity index (χ4n) is 2.79. The van der Waals surface area contributed by atoms with Crippen LogP contribution in [0.3, 0.4) is 0 Å². The second kappa shape index (κ2) is 5.20. The highest BCUT2D eigenvalue weighted by atomic mass is 15.2. The number of hydrogen-bond acceptors (Lipinski definition) is 4. The third-order valence-corrected chi connectivity index (χ3v) is 3.98. The molecular weight excluding hydrogens is 264 g/mol. The Morgan fingerprint density at radius 1 is 1.48 bits per heavy atom. The topological polar surface area (TPSA) is 83.8 Å². The molecule has 0 saturated heterocycles. The third-order valence-electron chi connectivity index (χ3n) is 3.98. The summed E-state index contributed by atoms with van der Waals surface area (Å²) in [5, 5.41) is 7.81. The van der Waals surface area contributed by atoms with E-state index in [0.717, 1.165) is 36.6 Å². The lowest BCUT2D eigenvalue weighted by molar-refractivity contribution is 0.753. The summed E-state index contributed by atoms with van der Waals surface area (Å²) in [6, 6.07) is 2.03. The molecule has 1 aliphatic carbocycles. The van der Waals surface area contributed by atoms with Crippen LogP contribution in [0.4, 0.5) is 5.82 Å². The first-order valence-electron chi connectivity index (χ1n) is 7.11. The molecule has 1 aliphatic rings. The van der Waals surface area contributed by atoms with Crippen LogP contribution in [0.2, 0.25) is 0 Å². The van der Waals surface area contributed by atoms with Gasteiger partial charge in [-0.25, -0.2) is 9.97 Å². The fourth-order valence-corrected chi connectivity index (χ4v) is 2.79. The molecule has 0 aromatic carbocycles. The van der Waals surface area contributed by atoms with Crippen LogP contribution < -0.4 is 10.6 Å². The van der Waals surface area contributed by atoms with E-state index in [1.165, 1.54) is 5.56 Å². The van der Waals surface area contributed by atoms with Gasteiger partial charge in [0.2, 0.25) is 0 Å². The number of nitrogens with one attached hydrogen (secondary N) is 1. The molecule has 2 aromatic rings. The van der Waals surface area contributed by atoms with Gasteiger partial charge >= 0.3 is 0 Å². The predicted molar refractivity (Wildman–Crippen MR) is 82.6 cm³/mol. The van der Waals surface area contributed by atoms with Gasteiger partial charge in [0.15, 0.2) is 0 Å². The van der Waals surface area contributed by atoms with Crippen molar-refractivity contribution in [2.24, 2.45) is 12.8 Å². The first kappa shape index (κ1) is 13.6. The van der Waals surface area contributed by atoms with Crippen molar-refractivity contribution in [3.05, 3.63) is 41.1 Å². The standard InChI is InChI=1S/C15H20N6/c1-20-7-6-18-13(20)9-21(2)15-11(14(16)17)8-10-4-3-5-12(10)19-15/h6-8H,3-5,9H2,1-2H3,(H3,16,17). The summed E-state index contributed by atoms with van der Waals surface area (Å²) in [5.74, 6) is 1.79. The van der Waals surface area contributed by atoms with Crippen molar-refractivity contribution in [3.8, 4) is 0 Å². The summed E-state index contributed by atoms with van der Waals surface area (Å²) in [4.78, 5) is 11.1. The number of rotatable bonds is 4. The zero-order valence-corrected chi connectivity index (χ0v) is 12.4. The molecular formula is C15H20N6. The number of pyridine rings is 1. The van der Waals surface area contributed by atoms with Crippen molar-refractivity contribution in [1.29, 1.82) is 5.41 Å². The summed E-state index contributed by atoms with van der Waals surface area (Å²) in [6.07, 6.45) is 6.88. The molecule has 0 saturated carbocycles. The van der Waals surface area contributed by atoms with Crippen LogP contribution in [-0.4, -0.2) is 27.4 Å². The van der Waals surface area contributed by atoms with E-state index in [9.17, 15) is 0 Å². The van der Waals surface area contributed by atoms with Gasteiger partial charge in [-0.1, -0.05) is 0 Å². The maximum Gasteiger partial charge on any atom is 0.140 e. The SMILES string of the molecule is CN(Cc1nccn1C)c1nc2c(cc1C(=N)N)CCC2. The van der Waals surface area contributed by atoms with Gasteiger partial charge in [0.1, 0.15) is 17.5 Å². The molecule has 3 rings (SSSR count). The van der Waals surface area contributed by atoms with Crippen LogP contribution in [0.25, 0.3) is 0 Å². The van der Waals surface area contributed by atoms with E-state index in [1.807, 2.05) is 35.8 Å². The number of aromatic nitrogens is 3. The quantitative estimate of drug-likeness (QED) is 0.653. The molecule has 110 valence electrons. The molecule has 0 atom stereocenters. The molecule has 0 unspecified atom stereocenters. The Morgan fingerprint density at radius 2 is 2.29 bits per heavy atom. The molecule has 21 heavy (non-hydrogen) atoms. The number of amidine groups is 1. The number of nitrogens with two attached hydrogens (primary N) is 1. The van der Waals surface area contributed by atoms with E-state index < -0.39 is 0 Å². The minimum Gasteiger partial charge on any atom is -0.384 e. The maximum atomic E-state index is 7.81. The van der Waals surface area contributed by atoms with E-state index in [2.05, 4.69) is 4.98 Å². The molecule has 0 bridgehead atoms. The molecule has 0 radical (unpaired) electrons. The first-order chi connectivity index (χ1) is 10.1. The van der Waals surface area contributed by atoms with Crippen molar-refractivity contribution in [2.45, 2.75) is 25.8 Å². The van der Waals surface area contributed by atoms with Gasteiger partial charge in [-0.2, -0.15) is 0 Å². The molecule has 0 spiro atoms. The number of nitrogens with zero attached hydrogens (tertiary/aromatic N) is 4. The molecule has 0 fully saturated rings. The highest BCUT2D eigenvalue weighted by Crippen LogP contribution is 2.27. The lowest BCUT2D eigenvalue weighted by Crippen LogP contribution is -2.25. The van der Waals surface area contributed by atoms with E-state index in [1.54, 1.807) is 6.20 Å². The summed E-state index contributed by atoms with van der Waals surface area (Å²) in [5.41, 5.74) is 8.83. The van der Waals surface area contributed by atoms with E-state index in [0.29, 0.717) is 12.1 Å². The lowest BCUT2D eigenvalue weighted by Gasteiger charge is -2.21. The minimum atomic E-state index is 0.0684. The van der Waals surface area contributed by atoms with Gasteiger partial charge in [0, 0.05) is 32.2 Å². The normalized spacial score (nSPS) is 13.2. The van der Waals surface area contributed by atoms with E-state index in [-0.39, 0.29) is 5.84 Å². The van der Waals surface area contributed by atoms with Crippen molar-refractivity contribution < 1.29 is 0 Å². The smallest absolute Gasteiger partial charge is 0.140 e. The summed E-state index contributed by atoms with van der Waals surface area (Å²) in [7, 11) is 3.93. The van der Waals surface area contributed by atoms with Crippen LogP contribution in [0.1, 0.15) is 29.1 Å². The van der Waals surface area contributed by atoms with Crippen LogP contribution in [0.15, 0.2) is 18.5 Å². The van der Waals surface area contributed by atoms with Gasteiger partial charge in [-0.05, 0) is 30.9 Å². The van der Waals surface area contributed by atoms with Crippen LogP contribution in [0, 0.1) is 5.41 Å². The molecule has 3 N–H and O–H groups in total. The van der Waals surface area contributed by atoms with Crippen LogP contribution in [0.5, 0.6) is 0 Å². The highest BCUT2D eigenvalue weighted by Gasteiger charge is 2.20. The second-order valence-corrected chi connectivity index (χ2v) is 5.54. The molecule has 0 amide bonds. The van der Waals surface area contributed by atoms with Gasteiger partial charge in [0.25, 0.3) is 0 Å². The van der Waals surface area contributed by atoms with Crippen molar-refractivity contribution >= 4 is 11.7 Å². The number of nitrogen functional groups attached to an aromatic ring is 1. The summed E-state index contributed by atoms with van der Waals surface area (Å²) in [6.45, 7) is 0.634. The first-order valence-corrected chi connectivity index (χ1v) is 7.11. The Bertz CT molecular complexity index is 687. The number of aryl methyl sites for hydroxylation is 3. The minimum absolute atomic E-state index is 0.0684. The zero-order chi connectivity index (χ0) is 15.0. The van der Waals surface area contributed by atoms with E-state index >= 15 is 0 Å². The molecule has 6 nitrogen and oxygen atoms in total. The molecule has 0 aliphatic heterocycles. The lowest BCUT2D eigenvalue weighted by atomic mass is 10.1. The summed E-state index contributed by atoms with van der Waals surface area (Å²) < 4.78 is 1.98. The maximum absolute atomic E-state index is 7.81. The largest absolute Gasteiger partial charge is 0.384 e. The third kappa shape index (κ3) is 2.49. The fraction of sp³-hybridized carbons (Fsp3) is 0.400. The number of hydrogen-bond donors (Lipinski definition) is 2. The zero-order valence-electron chi connectivity index (χ0n) is 12.4. The average molecular weight is 284 g/mol. The number of fused-ring (bicyclic) bond motifs is 1.